The largest absolute Gasteiger partial charge is 0.489 e. The second-order valence-corrected chi connectivity index (χ2v) is 7.49. The number of aromatic nitrogens is 2. The summed E-state index contributed by atoms with van der Waals surface area (Å²) in [6.07, 6.45) is 1.54. The predicted octanol–water partition coefficient (Wildman–Crippen LogP) is 3.59. The monoisotopic (exact) mass is 371 g/mol. The van der Waals surface area contributed by atoms with E-state index in [0.29, 0.717) is 30.3 Å². The Morgan fingerprint density at radius 2 is 1.77 bits per heavy atom. The number of aryl methyl sites for hydroxylation is 2. The lowest BCUT2D eigenvalue weighted by molar-refractivity contribution is 0.306. The van der Waals surface area contributed by atoms with Gasteiger partial charge in [0.1, 0.15) is 17.3 Å². The van der Waals surface area contributed by atoms with Crippen LogP contribution in [-0.4, -0.2) is 18.2 Å². The van der Waals surface area contributed by atoms with Gasteiger partial charge in [-0.2, -0.15) is 5.10 Å². The van der Waals surface area contributed by atoms with Crippen LogP contribution in [0.2, 0.25) is 0 Å². The van der Waals surface area contributed by atoms with Gasteiger partial charge in [-0.3, -0.25) is 9.40 Å². The van der Waals surface area contributed by atoms with E-state index in [4.69, 9.17) is 4.74 Å². The topological polar surface area (TPSA) is 73.2 Å². The Kier molecular flexibility index (Phi) is 5.27. The Morgan fingerprint density at radius 3 is 2.38 bits per heavy atom. The van der Waals surface area contributed by atoms with Gasteiger partial charge in [-0.05, 0) is 43.7 Å². The molecular weight excluding hydrogens is 350 g/mol. The normalized spacial score (nSPS) is 11.3. The summed E-state index contributed by atoms with van der Waals surface area (Å²) >= 11 is 0. The van der Waals surface area contributed by atoms with Crippen LogP contribution in [0.4, 0.5) is 5.69 Å². The molecule has 0 aliphatic heterocycles. The minimum Gasteiger partial charge on any atom is -0.489 e. The lowest BCUT2D eigenvalue weighted by atomic mass is 10.2. The molecule has 3 aromatic rings. The van der Waals surface area contributed by atoms with Gasteiger partial charge in [0.05, 0.1) is 5.69 Å². The lowest BCUT2D eigenvalue weighted by Crippen LogP contribution is -2.13. The van der Waals surface area contributed by atoms with Crippen molar-refractivity contribution in [3.05, 3.63) is 72.1 Å². The van der Waals surface area contributed by atoms with Crippen LogP contribution in [0.3, 0.4) is 0 Å². The molecule has 0 unspecified atom stereocenters. The van der Waals surface area contributed by atoms with Crippen LogP contribution in [0.1, 0.15) is 18.2 Å². The molecule has 0 amide bonds. The number of nitrogens with zero attached hydrogens (tertiary/aromatic N) is 2. The van der Waals surface area contributed by atoms with E-state index in [2.05, 4.69) is 9.82 Å². The van der Waals surface area contributed by atoms with E-state index in [9.17, 15) is 8.42 Å². The van der Waals surface area contributed by atoms with E-state index >= 15 is 0 Å². The number of hydrogen-bond acceptors (Lipinski definition) is 4. The van der Waals surface area contributed by atoms with Gasteiger partial charge >= 0.3 is 0 Å². The van der Waals surface area contributed by atoms with Gasteiger partial charge in [0, 0.05) is 18.4 Å². The fourth-order valence-corrected chi connectivity index (χ4v) is 3.74. The smallest absolute Gasteiger partial charge is 0.265 e. The van der Waals surface area contributed by atoms with Crippen molar-refractivity contribution in [2.24, 2.45) is 0 Å². The molecule has 1 aromatic heterocycles. The van der Waals surface area contributed by atoms with Crippen LogP contribution in [0.25, 0.3) is 0 Å². The molecule has 1 heterocycles. The highest BCUT2D eigenvalue weighted by Gasteiger charge is 2.20. The van der Waals surface area contributed by atoms with Crippen LogP contribution in [0.5, 0.6) is 5.75 Å². The first kappa shape index (κ1) is 18.0. The van der Waals surface area contributed by atoms with E-state index in [1.54, 1.807) is 35.9 Å². The summed E-state index contributed by atoms with van der Waals surface area (Å²) in [5.74, 6) is 0.673. The van der Waals surface area contributed by atoms with Crippen LogP contribution in [0.15, 0.2) is 65.7 Å². The van der Waals surface area contributed by atoms with Gasteiger partial charge in [0.25, 0.3) is 10.0 Å². The molecule has 0 aliphatic rings. The number of nitrogens with one attached hydrogen (secondary N) is 1. The molecule has 0 atom stereocenters. The molecule has 0 fully saturated rings. The summed E-state index contributed by atoms with van der Waals surface area (Å²) in [4.78, 5) is 0.184. The fraction of sp³-hybridized carbons (Fsp3) is 0.211. The summed E-state index contributed by atoms with van der Waals surface area (Å²) in [5, 5.41) is 4.18. The van der Waals surface area contributed by atoms with Gasteiger partial charge < -0.3 is 4.74 Å². The second kappa shape index (κ2) is 7.61. The number of benzene rings is 2. The second-order valence-electron chi connectivity index (χ2n) is 5.84. The summed E-state index contributed by atoms with van der Waals surface area (Å²) in [5.41, 5.74) is 2.02. The molecule has 1 N–H and O–H groups in total. The van der Waals surface area contributed by atoms with Crippen LogP contribution >= 0.6 is 0 Å². The molecule has 0 radical (unpaired) electrons. The van der Waals surface area contributed by atoms with Crippen LogP contribution in [-0.2, 0) is 23.2 Å². The number of hydrogen-bond donors (Lipinski definition) is 1. The zero-order chi connectivity index (χ0) is 18.6. The Labute approximate surface area is 153 Å². The molecule has 26 heavy (non-hydrogen) atoms. The zero-order valence-electron chi connectivity index (χ0n) is 14.7. The molecule has 7 heteroatoms. The molecule has 0 bridgehead atoms. The first-order valence-electron chi connectivity index (χ1n) is 8.31. The van der Waals surface area contributed by atoms with Gasteiger partial charge in [0.15, 0.2) is 0 Å². The quantitative estimate of drug-likeness (QED) is 0.689. The number of anilines is 1. The predicted molar refractivity (Wildman–Crippen MR) is 101 cm³/mol. The third kappa shape index (κ3) is 4.23. The third-order valence-corrected chi connectivity index (χ3v) is 5.35. The fourth-order valence-electron chi connectivity index (χ4n) is 2.50. The average Bonchev–Trinajstić information content (AvgIpc) is 3.04. The summed E-state index contributed by atoms with van der Waals surface area (Å²) < 4.78 is 35.0. The van der Waals surface area contributed by atoms with Gasteiger partial charge in [-0.25, -0.2) is 8.42 Å². The SMILES string of the molecule is CCn1cc(S(=O)(=O)Nc2ccc(OCc3ccccc3)cc2)c(C)n1. The van der Waals surface area contributed by atoms with Crippen molar-refractivity contribution in [1.82, 2.24) is 9.78 Å². The summed E-state index contributed by atoms with van der Waals surface area (Å²) in [7, 11) is -3.68. The molecule has 136 valence electrons. The van der Waals surface area contributed by atoms with Crippen molar-refractivity contribution in [1.29, 1.82) is 0 Å². The Morgan fingerprint density at radius 1 is 1.08 bits per heavy atom. The maximum atomic E-state index is 12.6. The molecule has 6 nitrogen and oxygen atoms in total. The van der Waals surface area contributed by atoms with Crippen LogP contribution in [0, 0.1) is 6.92 Å². The molecule has 0 saturated carbocycles. The van der Waals surface area contributed by atoms with Crippen molar-refractivity contribution in [3.8, 4) is 5.75 Å². The first-order chi connectivity index (χ1) is 12.5. The van der Waals surface area contributed by atoms with Crippen molar-refractivity contribution in [3.63, 3.8) is 0 Å². The molecule has 0 spiro atoms. The molecular formula is C19H21N3O3S. The highest BCUT2D eigenvalue weighted by molar-refractivity contribution is 7.92. The van der Waals surface area contributed by atoms with E-state index in [1.807, 2.05) is 37.3 Å². The zero-order valence-corrected chi connectivity index (χ0v) is 15.5. The molecule has 0 saturated heterocycles. The standard InChI is InChI=1S/C19H21N3O3S/c1-3-22-13-19(15(2)20-22)26(23,24)21-17-9-11-18(12-10-17)25-14-16-7-5-4-6-8-16/h4-13,21H,3,14H2,1-2H3. The minimum atomic E-state index is -3.68. The Bertz CT molecular complexity index is 965. The van der Waals surface area contributed by atoms with Gasteiger partial charge in [-0.15, -0.1) is 0 Å². The molecule has 3 rings (SSSR count). The number of sulfonamides is 1. The highest BCUT2D eigenvalue weighted by atomic mass is 32.2. The molecule has 2 aromatic carbocycles. The number of rotatable bonds is 7. The van der Waals surface area contributed by atoms with Gasteiger partial charge in [0.2, 0.25) is 0 Å². The van der Waals surface area contributed by atoms with E-state index < -0.39 is 10.0 Å². The van der Waals surface area contributed by atoms with Crippen molar-refractivity contribution < 1.29 is 13.2 Å². The average molecular weight is 371 g/mol. The third-order valence-electron chi connectivity index (χ3n) is 3.87. The van der Waals surface area contributed by atoms with Crippen molar-refractivity contribution >= 4 is 15.7 Å². The molecule has 0 aliphatic carbocycles. The Hall–Kier alpha value is -2.80. The maximum absolute atomic E-state index is 12.6. The van der Waals surface area contributed by atoms with Gasteiger partial charge in [-0.1, -0.05) is 30.3 Å². The summed E-state index contributed by atoms with van der Waals surface area (Å²) in [6, 6.07) is 16.7. The highest BCUT2D eigenvalue weighted by Crippen LogP contribution is 2.21. The minimum absolute atomic E-state index is 0.184. The van der Waals surface area contributed by atoms with Crippen LogP contribution < -0.4 is 9.46 Å². The van der Waals surface area contributed by atoms with E-state index in [-0.39, 0.29) is 4.90 Å². The first-order valence-corrected chi connectivity index (χ1v) is 9.80. The van der Waals surface area contributed by atoms with E-state index in [0.717, 1.165) is 5.56 Å². The van der Waals surface area contributed by atoms with E-state index in [1.165, 1.54) is 6.20 Å². The maximum Gasteiger partial charge on any atom is 0.265 e. The summed E-state index contributed by atoms with van der Waals surface area (Å²) in [6.45, 7) is 4.66. The Balaban J connectivity index is 1.67. The van der Waals surface area contributed by atoms with Crippen molar-refractivity contribution in [2.75, 3.05) is 4.72 Å². The van der Waals surface area contributed by atoms with Crippen molar-refractivity contribution in [2.45, 2.75) is 31.9 Å². The number of ether oxygens (including phenoxy) is 1. The lowest BCUT2D eigenvalue weighted by Gasteiger charge is -2.09.